The number of rotatable bonds is 6. The van der Waals surface area contributed by atoms with E-state index in [9.17, 15) is 4.79 Å². The van der Waals surface area contributed by atoms with Crippen LogP contribution in [-0.4, -0.2) is 12.1 Å². The van der Waals surface area contributed by atoms with E-state index in [2.05, 4.69) is 10.5 Å². The Kier molecular flexibility index (Phi) is 6.06. The van der Waals surface area contributed by atoms with Gasteiger partial charge in [0.25, 0.3) is 5.91 Å². The van der Waals surface area contributed by atoms with Crippen molar-refractivity contribution in [3.63, 3.8) is 0 Å². The first kappa shape index (κ1) is 19.7. The molecule has 0 saturated heterocycles. The SMILES string of the molecule is O=C(N/N=C\c1c(OCc2ccccc2)ccc2ccccc12)c1ccc(Cl)cc1. The molecule has 0 unspecified atom stereocenters. The summed E-state index contributed by atoms with van der Waals surface area (Å²) in [5.74, 6) is 0.386. The number of ether oxygens (including phenoxy) is 1. The molecule has 0 aliphatic heterocycles. The van der Waals surface area contributed by atoms with Crippen LogP contribution >= 0.6 is 11.6 Å². The first-order valence-corrected chi connectivity index (χ1v) is 9.86. The van der Waals surface area contributed by atoms with Crippen LogP contribution in [0, 0.1) is 0 Å². The summed E-state index contributed by atoms with van der Waals surface area (Å²) in [5, 5.41) is 6.80. The van der Waals surface area contributed by atoms with Crippen LogP contribution in [0.1, 0.15) is 21.5 Å². The molecule has 4 rings (SSSR count). The Labute approximate surface area is 179 Å². The van der Waals surface area contributed by atoms with Gasteiger partial charge in [0.15, 0.2) is 0 Å². The van der Waals surface area contributed by atoms with Gasteiger partial charge in [-0.1, -0.05) is 72.3 Å². The summed E-state index contributed by atoms with van der Waals surface area (Å²) < 4.78 is 6.07. The molecule has 0 aromatic heterocycles. The summed E-state index contributed by atoms with van der Waals surface area (Å²) in [6.07, 6.45) is 1.62. The molecule has 0 bridgehead atoms. The predicted molar refractivity (Wildman–Crippen MR) is 121 cm³/mol. The third-order valence-corrected chi connectivity index (χ3v) is 4.89. The zero-order chi connectivity index (χ0) is 20.8. The van der Waals surface area contributed by atoms with E-state index in [0.717, 1.165) is 21.9 Å². The molecule has 0 spiro atoms. The van der Waals surface area contributed by atoms with Gasteiger partial charge < -0.3 is 4.74 Å². The lowest BCUT2D eigenvalue weighted by Gasteiger charge is -2.12. The van der Waals surface area contributed by atoms with Crippen LogP contribution in [0.5, 0.6) is 5.75 Å². The Balaban J connectivity index is 1.58. The highest BCUT2D eigenvalue weighted by Crippen LogP contribution is 2.27. The number of benzene rings is 4. The lowest BCUT2D eigenvalue weighted by molar-refractivity contribution is 0.0955. The van der Waals surface area contributed by atoms with Gasteiger partial charge in [-0.05, 0) is 46.7 Å². The van der Waals surface area contributed by atoms with Gasteiger partial charge in [0, 0.05) is 16.1 Å². The predicted octanol–water partition coefficient (Wildman–Crippen LogP) is 5.84. The van der Waals surface area contributed by atoms with Gasteiger partial charge in [0.1, 0.15) is 12.4 Å². The second kappa shape index (κ2) is 9.25. The van der Waals surface area contributed by atoms with E-state index < -0.39 is 0 Å². The standard InChI is InChI=1S/C25H19ClN2O2/c26-21-13-10-20(11-14-21)25(29)28-27-16-23-22-9-5-4-8-19(22)12-15-24(23)30-17-18-6-2-1-3-7-18/h1-16H,17H2,(H,28,29)/b27-16-. The lowest BCUT2D eigenvalue weighted by Crippen LogP contribution is -2.17. The van der Waals surface area contributed by atoms with Gasteiger partial charge >= 0.3 is 0 Å². The number of fused-ring (bicyclic) bond motifs is 1. The fourth-order valence-electron chi connectivity index (χ4n) is 3.09. The second-order valence-corrected chi connectivity index (χ2v) is 7.12. The van der Waals surface area contributed by atoms with E-state index in [1.54, 1.807) is 30.5 Å². The molecule has 0 saturated carbocycles. The third kappa shape index (κ3) is 4.67. The quantitative estimate of drug-likeness (QED) is 0.318. The zero-order valence-electron chi connectivity index (χ0n) is 16.1. The summed E-state index contributed by atoms with van der Waals surface area (Å²) in [4.78, 5) is 12.3. The number of amides is 1. The van der Waals surface area contributed by atoms with Crippen molar-refractivity contribution in [3.05, 3.63) is 113 Å². The summed E-state index contributed by atoms with van der Waals surface area (Å²) >= 11 is 5.87. The van der Waals surface area contributed by atoms with Crippen molar-refractivity contribution < 1.29 is 9.53 Å². The van der Waals surface area contributed by atoms with E-state index >= 15 is 0 Å². The number of carbonyl (C=O) groups is 1. The minimum absolute atomic E-state index is 0.310. The molecule has 1 amide bonds. The summed E-state index contributed by atoms with van der Waals surface area (Å²) in [6, 6.07) is 28.5. The van der Waals surface area contributed by atoms with Crippen LogP contribution in [0.4, 0.5) is 0 Å². The second-order valence-electron chi connectivity index (χ2n) is 6.68. The number of nitrogens with one attached hydrogen (secondary N) is 1. The zero-order valence-corrected chi connectivity index (χ0v) is 16.8. The molecule has 0 fully saturated rings. The maximum absolute atomic E-state index is 12.3. The summed E-state index contributed by atoms with van der Waals surface area (Å²) in [6.45, 7) is 0.442. The molecule has 4 nitrogen and oxygen atoms in total. The van der Waals surface area contributed by atoms with Gasteiger partial charge in [0.05, 0.1) is 6.21 Å². The minimum atomic E-state index is -0.310. The minimum Gasteiger partial charge on any atom is -0.488 e. The van der Waals surface area contributed by atoms with Gasteiger partial charge in [-0.15, -0.1) is 0 Å². The highest BCUT2D eigenvalue weighted by Gasteiger charge is 2.09. The average Bonchev–Trinajstić information content (AvgIpc) is 2.79. The molecule has 4 aromatic carbocycles. The van der Waals surface area contributed by atoms with Crippen LogP contribution in [0.15, 0.2) is 96.1 Å². The molecule has 4 aromatic rings. The van der Waals surface area contributed by atoms with Crippen molar-refractivity contribution >= 4 is 34.5 Å². The van der Waals surface area contributed by atoms with Gasteiger partial charge in [-0.2, -0.15) is 5.10 Å². The van der Waals surface area contributed by atoms with E-state index in [0.29, 0.717) is 22.9 Å². The number of hydrazone groups is 1. The summed E-state index contributed by atoms with van der Waals surface area (Å²) in [7, 11) is 0. The molecule has 0 radical (unpaired) electrons. The number of hydrogen-bond donors (Lipinski definition) is 1. The van der Waals surface area contributed by atoms with Gasteiger partial charge in [-0.3, -0.25) is 4.79 Å². The molecule has 0 atom stereocenters. The highest BCUT2D eigenvalue weighted by atomic mass is 35.5. The Morgan fingerprint density at radius 2 is 1.63 bits per heavy atom. The van der Waals surface area contributed by atoms with Crippen molar-refractivity contribution in [1.82, 2.24) is 5.43 Å². The molecule has 30 heavy (non-hydrogen) atoms. The van der Waals surface area contributed by atoms with Crippen LogP contribution in [0.25, 0.3) is 10.8 Å². The van der Waals surface area contributed by atoms with Gasteiger partial charge in [0.2, 0.25) is 0 Å². The average molecular weight is 415 g/mol. The fraction of sp³-hybridized carbons (Fsp3) is 0.0400. The Morgan fingerprint density at radius 1 is 0.900 bits per heavy atom. The molecule has 5 heteroatoms. The highest BCUT2D eigenvalue weighted by molar-refractivity contribution is 6.30. The van der Waals surface area contributed by atoms with E-state index in [1.807, 2.05) is 66.7 Å². The van der Waals surface area contributed by atoms with E-state index in [-0.39, 0.29) is 5.91 Å². The molecular weight excluding hydrogens is 396 g/mol. The van der Waals surface area contributed by atoms with Crippen molar-refractivity contribution in [2.75, 3.05) is 0 Å². The molecule has 1 N–H and O–H groups in total. The molecule has 0 aliphatic rings. The Morgan fingerprint density at radius 3 is 2.43 bits per heavy atom. The molecular formula is C25H19ClN2O2. The van der Waals surface area contributed by atoms with Crippen molar-refractivity contribution in [2.45, 2.75) is 6.61 Å². The first-order chi connectivity index (χ1) is 14.7. The van der Waals surface area contributed by atoms with Crippen molar-refractivity contribution in [2.24, 2.45) is 5.10 Å². The Hall–Kier alpha value is -3.63. The van der Waals surface area contributed by atoms with Crippen LogP contribution < -0.4 is 10.2 Å². The topological polar surface area (TPSA) is 50.7 Å². The van der Waals surface area contributed by atoms with Gasteiger partial charge in [-0.25, -0.2) is 5.43 Å². The summed E-state index contributed by atoms with van der Waals surface area (Å²) in [5.41, 5.74) is 4.93. The van der Waals surface area contributed by atoms with Crippen molar-refractivity contribution in [1.29, 1.82) is 0 Å². The number of halogens is 1. The number of hydrogen-bond acceptors (Lipinski definition) is 3. The largest absolute Gasteiger partial charge is 0.488 e. The number of nitrogens with zero attached hydrogens (tertiary/aromatic N) is 1. The Bertz CT molecular complexity index is 1190. The molecule has 0 heterocycles. The third-order valence-electron chi connectivity index (χ3n) is 4.63. The van der Waals surface area contributed by atoms with Crippen LogP contribution in [0.3, 0.4) is 0 Å². The van der Waals surface area contributed by atoms with Crippen LogP contribution in [-0.2, 0) is 6.61 Å². The smallest absolute Gasteiger partial charge is 0.271 e. The maximum atomic E-state index is 12.3. The first-order valence-electron chi connectivity index (χ1n) is 9.48. The van der Waals surface area contributed by atoms with Crippen molar-refractivity contribution in [3.8, 4) is 5.75 Å². The monoisotopic (exact) mass is 414 g/mol. The molecule has 148 valence electrons. The maximum Gasteiger partial charge on any atom is 0.271 e. The fourth-order valence-corrected chi connectivity index (χ4v) is 3.22. The molecule has 0 aliphatic carbocycles. The van der Waals surface area contributed by atoms with E-state index in [1.165, 1.54) is 0 Å². The van der Waals surface area contributed by atoms with Crippen LogP contribution in [0.2, 0.25) is 5.02 Å². The normalized spacial score (nSPS) is 11.0. The van der Waals surface area contributed by atoms with E-state index in [4.69, 9.17) is 16.3 Å². The lowest BCUT2D eigenvalue weighted by atomic mass is 10.0. The number of carbonyl (C=O) groups excluding carboxylic acids is 1.